The smallest absolute Gasteiger partial charge is 0.280 e. The van der Waals surface area contributed by atoms with Crippen LogP contribution in [0.2, 0.25) is 10.0 Å². The Kier molecular flexibility index (Phi) is 5.07. The second-order valence-electron chi connectivity index (χ2n) is 6.95. The van der Waals surface area contributed by atoms with Crippen molar-refractivity contribution in [1.82, 2.24) is 4.57 Å². The van der Waals surface area contributed by atoms with Gasteiger partial charge in [0.2, 0.25) is 0 Å². The Balaban J connectivity index is 1.76. The molecule has 0 unspecified atom stereocenters. The molecule has 0 aliphatic carbocycles. The van der Waals surface area contributed by atoms with Gasteiger partial charge in [-0.3, -0.25) is 4.79 Å². The van der Waals surface area contributed by atoms with Crippen molar-refractivity contribution in [3.63, 3.8) is 0 Å². The highest BCUT2D eigenvalue weighted by atomic mass is 35.5. The molecule has 0 saturated heterocycles. The van der Waals surface area contributed by atoms with Crippen molar-refractivity contribution >= 4 is 46.6 Å². The van der Waals surface area contributed by atoms with Crippen LogP contribution in [0.1, 0.15) is 23.9 Å². The normalized spacial score (nSPS) is 15.3. The second kappa shape index (κ2) is 7.54. The molecule has 0 bridgehead atoms. The molecule has 4 nitrogen and oxygen atoms in total. The number of amides is 1. The Morgan fingerprint density at radius 2 is 1.69 bits per heavy atom. The summed E-state index contributed by atoms with van der Waals surface area (Å²) in [6.07, 6.45) is 1.89. The fraction of sp³-hybridized carbons (Fsp3) is 0.130. The van der Waals surface area contributed by atoms with Crippen LogP contribution in [-0.2, 0) is 4.79 Å². The van der Waals surface area contributed by atoms with Gasteiger partial charge in [0, 0.05) is 16.4 Å². The van der Waals surface area contributed by atoms with E-state index in [2.05, 4.69) is 5.10 Å². The van der Waals surface area contributed by atoms with Crippen molar-refractivity contribution in [3.05, 3.63) is 87.2 Å². The third kappa shape index (κ3) is 3.50. The number of nitrogens with zero attached hydrogens (tertiary/aromatic N) is 3. The zero-order chi connectivity index (χ0) is 20.7. The number of hydrogen-bond acceptors (Lipinski definition) is 2. The number of aromatic nitrogens is 1. The van der Waals surface area contributed by atoms with Crippen LogP contribution in [-0.4, -0.2) is 16.2 Å². The highest BCUT2D eigenvalue weighted by Gasteiger charge is 2.29. The van der Waals surface area contributed by atoms with Gasteiger partial charge in [0.15, 0.2) is 0 Å². The predicted molar refractivity (Wildman–Crippen MR) is 120 cm³/mol. The van der Waals surface area contributed by atoms with Crippen LogP contribution in [0.4, 0.5) is 5.69 Å². The Morgan fingerprint density at radius 3 is 2.41 bits per heavy atom. The molecule has 6 heteroatoms. The lowest BCUT2D eigenvalue weighted by atomic mass is 10.1. The molecule has 0 N–H and O–H groups in total. The monoisotopic (exact) mass is 423 g/mol. The van der Waals surface area contributed by atoms with Crippen LogP contribution in [0.15, 0.2) is 65.3 Å². The molecule has 0 spiro atoms. The summed E-state index contributed by atoms with van der Waals surface area (Å²) in [5, 5.41) is 7.11. The summed E-state index contributed by atoms with van der Waals surface area (Å²) in [6, 6.07) is 16.8. The fourth-order valence-corrected chi connectivity index (χ4v) is 3.91. The lowest BCUT2D eigenvalue weighted by Crippen LogP contribution is -2.21. The minimum atomic E-state index is -0.140. The zero-order valence-corrected chi connectivity index (χ0v) is 17.8. The molecular weight excluding hydrogens is 405 g/mol. The van der Waals surface area contributed by atoms with E-state index < -0.39 is 0 Å². The Bertz CT molecular complexity index is 1180. The number of halogens is 2. The summed E-state index contributed by atoms with van der Waals surface area (Å²) >= 11 is 12.6. The molecule has 146 valence electrons. The zero-order valence-electron chi connectivity index (χ0n) is 16.3. The molecule has 1 aliphatic rings. The quantitative estimate of drug-likeness (QED) is 0.461. The van der Waals surface area contributed by atoms with Gasteiger partial charge in [-0.2, -0.15) is 10.1 Å². The first-order chi connectivity index (χ1) is 13.9. The number of carbonyl (C=O) groups excluding carboxylic acids is 1. The molecule has 4 rings (SSSR count). The van der Waals surface area contributed by atoms with Gasteiger partial charge in [0.1, 0.15) is 0 Å². The van der Waals surface area contributed by atoms with E-state index in [1.165, 1.54) is 5.01 Å². The van der Waals surface area contributed by atoms with Gasteiger partial charge in [-0.25, -0.2) is 0 Å². The molecule has 1 aromatic heterocycles. The number of para-hydroxylation sites is 1. The summed E-state index contributed by atoms with van der Waals surface area (Å²) in [5.74, 6) is -0.140. The van der Waals surface area contributed by atoms with Gasteiger partial charge in [-0.15, -0.1) is 0 Å². The van der Waals surface area contributed by atoms with E-state index in [1.54, 1.807) is 12.1 Å². The molecule has 1 amide bonds. The predicted octanol–water partition coefficient (Wildman–Crippen LogP) is 6.21. The number of hydrogen-bond donors (Lipinski definition) is 0. The topological polar surface area (TPSA) is 37.6 Å². The Morgan fingerprint density at radius 1 is 0.966 bits per heavy atom. The Labute approximate surface area is 179 Å². The van der Waals surface area contributed by atoms with Crippen LogP contribution in [0.3, 0.4) is 0 Å². The molecule has 0 atom stereocenters. The van der Waals surface area contributed by atoms with E-state index in [-0.39, 0.29) is 5.91 Å². The van der Waals surface area contributed by atoms with Crippen molar-refractivity contribution in [2.24, 2.45) is 5.10 Å². The minimum Gasteiger partial charge on any atom is -0.316 e. The summed E-state index contributed by atoms with van der Waals surface area (Å²) in [4.78, 5) is 13.0. The van der Waals surface area contributed by atoms with E-state index >= 15 is 0 Å². The van der Waals surface area contributed by atoms with Crippen LogP contribution in [0, 0.1) is 13.8 Å². The number of rotatable bonds is 3. The highest BCUT2D eigenvalue weighted by Crippen LogP contribution is 2.31. The van der Waals surface area contributed by atoms with Gasteiger partial charge < -0.3 is 4.57 Å². The van der Waals surface area contributed by atoms with Gasteiger partial charge in [-0.1, -0.05) is 41.4 Å². The van der Waals surface area contributed by atoms with Crippen molar-refractivity contribution in [2.45, 2.75) is 20.8 Å². The first kappa shape index (κ1) is 19.5. The molecule has 0 saturated carbocycles. The number of hydrazone groups is 1. The van der Waals surface area contributed by atoms with Gasteiger partial charge >= 0.3 is 0 Å². The lowest BCUT2D eigenvalue weighted by molar-refractivity contribution is -0.114. The van der Waals surface area contributed by atoms with Crippen LogP contribution in [0.5, 0.6) is 0 Å². The van der Waals surface area contributed by atoms with E-state index in [1.807, 2.05) is 73.9 Å². The first-order valence-electron chi connectivity index (χ1n) is 9.18. The van der Waals surface area contributed by atoms with E-state index in [4.69, 9.17) is 23.2 Å². The Hall–Kier alpha value is -2.82. The van der Waals surface area contributed by atoms with Crippen molar-refractivity contribution in [2.75, 3.05) is 5.01 Å². The molecule has 2 aromatic carbocycles. The third-order valence-corrected chi connectivity index (χ3v) is 5.54. The maximum atomic E-state index is 13.0. The van der Waals surface area contributed by atoms with Crippen molar-refractivity contribution < 1.29 is 4.79 Å². The van der Waals surface area contributed by atoms with E-state index in [0.717, 1.165) is 28.3 Å². The summed E-state index contributed by atoms with van der Waals surface area (Å²) in [7, 11) is 0. The van der Waals surface area contributed by atoms with Gasteiger partial charge in [-0.05, 0) is 68.8 Å². The van der Waals surface area contributed by atoms with Crippen LogP contribution >= 0.6 is 23.2 Å². The maximum absolute atomic E-state index is 13.0. The SMILES string of the molecule is CC1=NN(c2ccccc2)C(=O)/C1=C\c1cc(C)n(-c2cc(Cl)ccc2Cl)c1C. The highest BCUT2D eigenvalue weighted by molar-refractivity contribution is 6.34. The second-order valence-corrected chi connectivity index (χ2v) is 7.80. The average molecular weight is 424 g/mol. The van der Waals surface area contributed by atoms with E-state index in [0.29, 0.717) is 21.3 Å². The van der Waals surface area contributed by atoms with Crippen LogP contribution < -0.4 is 5.01 Å². The molecule has 1 aliphatic heterocycles. The molecule has 3 aromatic rings. The number of carbonyl (C=O) groups is 1. The maximum Gasteiger partial charge on any atom is 0.280 e. The minimum absolute atomic E-state index is 0.140. The molecule has 29 heavy (non-hydrogen) atoms. The van der Waals surface area contributed by atoms with E-state index in [9.17, 15) is 4.79 Å². The number of benzene rings is 2. The van der Waals surface area contributed by atoms with Gasteiger partial charge in [0.05, 0.1) is 27.7 Å². The average Bonchev–Trinajstić information content (AvgIpc) is 3.14. The van der Waals surface area contributed by atoms with Crippen LogP contribution in [0.25, 0.3) is 11.8 Å². The summed E-state index contributed by atoms with van der Waals surface area (Å²) in [5.41, 5.74) is 5.72. The number of aryl methyl sites for hydroxylation is 1. The largest absolute Gasteiger partial charge is 0.316 e. The fourth-order valence-electron chi connectivity index (χ4n) is 3.55. The van der Waals surface area contributed by atoms with Crippen molar-refractivity contribution in [1.29, 1.82) is 0 Å². The molecular formula is C23H19Cl2N3O. The third-order valence-electron chi connectivity index (χ3n) is 4.98. The summed E-state index contributed by atoms with van der Waals surface area (Å²) in [6.45, 7) is 5.84. The molecule has 2 heterocycles. The van der Waals surface area contributed by atoms with Gasteiger partial charge in [0.25, 0.3) is 5.91 Å². The lowest BCUT2D eigenvalue weighted by Gasteiger charge is -2.12. The molecule has 0 radical (unpaired) electrons. The molecule has 0 fully saturated rings. The first-order valence-corrected chi connectivity index (χ1v) is 9.93. The number of anilines is 1. The van der Waals surface area contributed by atoms with Crippen molar-refractivity contribution in [3.8, 4) is 5.69 Å². The standard InChI is InChI=1S/C23H19Cl2N3O/c1-14-11-17(16(3)27(14)22-13-18(24)9-10-21(22)25)12-20-15(2)26-28(23(20)29)19-7-5-4-6-8-19/h4-13H,1-3H3/b20-12-. The summed E-state index contributed by atoms with van der Waals surface area (Å²) < 4.78 is 2.04.